The zero-order valence-corrected chi connectivity index (χ0v) is 17.9. The van der Waals surface area contributed by atoms with Gasteiger partial charge in [0.05, 0.1) is 31.5 Å². The number of hydrogen-bond donors (Lipinski definition) is 0. The highest BCUT2D eigenvalue weighted by atomic mass is 35.5. The van der Waals surface area contributed by atoms with Crippen LogP contribution in [0.1, 0.15) is 23.8 Å². The molecule has 4 rings (SSSR count). The van der Waals surface area contributed by atoms with Gasteiger partial charge < -0.3 is 23.7 Å². The molecule has 0 spiro atoms. The van der Waals surface area contributed by atoms with Gasteiger partial charge in [-0.3, -0.25) is 0 Å². The first kappa shape index (κ1) is 21.5. The normalized spacial score (nSPS) is 13.8. The minimum atomic E-state index is -0.384. The van der Waals surface area contributed by atoms with E-state index in [1.54, 1.807) is 6.07 Å². The SMILES string of the molecule is Clc1cc(OCCCOc2ccc(OCc3ccccc3)cc2)ccc1C1OCCO1. The van der Waals surface area contributed by atoms with Gasteiger partial charge in [-0.25, -0.2) is 0 Å². The summed E-state index contributed by atoms with van der Waals surface area (Å²) in [6, 6.07) is 23.3. The molecule has 3 aromatic carbocycles. The Morgan fingerprint density at radius 1 is 0.742 bits per heavy atom. The molecule has 0 unspecified atom stereocenters. The van der Waals surface area contributed by atoms with E-state index in [0.29, 0.717) is 43.8 Å². The Labute approximate surface area is 187 Å². The molecule has 0 aliphatic carbocycles. The quantitative estimate of drug-likeness (QED) is 0.372. The van der Waals surface area contributed by atoms with Gasteiger partial charge in [0, 0.05) is 12.0 Å². The summed E-state index contributed by atoms with van der Waals surface area (Å²) in [5.74, 6) is 2.33. The standard InChI is InChI=1S/C25H25ClO5/c26-24-17-22(11-12-23(24)25-29-15-16-30-25)28-14-4-13-27-20-7-9-21(10-8-20)31-18-19-5-2-1-3-6-19/h1-3,5-12,17,25H,4,13-16,18H2. The maximum atomic E-state index is 6.32. The maximum absolute atomic E-state index is 6.32. The summed E-state index contributed by atoms with van der Waals surface area (Å²) in [7, 11) is 0. The molecule has 5 nitrogen and oxygen atoms in total. The molecule has 162 valence electrons. The summed E-state index contributed by atoms with van der Waals surface area (Å²) in [5, 5.41) is 0.579. The Morgan fingerprint density at radius 2 is 1.35 bits per heavy atom. The molecule has 0 amide bonds. The first-order chi connectivity index (χ1) is 15.3. The van der Waals surface area contributed by atoms with Crippen molar-refractivity contribution in [2.75, 3.05) is 26.4 Å². The molecule has 1 heterocycles. The molecule has 1 fully saturated rings. The van der Waals surface area contributed by atoms with Crippen LogP contribution in [0.4, 0.5) is 0 Å². The molecule has 31 heavy (non-hydrogen) atoms. The zero-order chi connectivity index (χ0) is 21.3. The van der Waals surface area contributed by atoms with Gasteiger partial charge in [0.25, 0.3) is 0 Å². The second-order valence-electron chi connectivity index (χ2n) is 7.05. The predicted octanol–water partition coefficient (Wildman–Crippen LogP) is 5.81. The first-order valence-corrected chi connectivity index (χ1v) is 10.7. The third-order valence-corrected chi connectivity index (χ3v) is 5.07. The molecule has 1 saturated heterocycles. The van der Waals surface area contributed by atoms with Crippen molar-refractivity contribution in [1.82, 2.24) is 0 Å². The second-order valence-corrected chi connectivity index (χ2v) is 7.46. The third kappa shape index (κ3) is 6.37. The van der Waals surface area contributed by atoms with Crippen LogP contribution in [0.2, 0.25) is 5.02 Å². The fourth-order valence-electron chi connectivity index (χ4n) is 3.14. The molecule has 1 aliphatic heterocycles. The van der Waals surface area contributed by atoms with Crippen LogP contribution >= 0.6 is 11.6 Å². The van der Waals surface area contributed by atoms with E-state index in [9.17, 15) is 0 Å². The van der Waals surface area contributed by atoms with Crippen LogP contribution in [0.25, 0.3) is 0 Å². The smallest absolute Gasteiger partial charge is 0.185 e. The largest absolute Gasteiger partial charge is 0.493 e. The molecule has 0 N–H and O–H groups in total. The molecule has 3 aromatic rings. The topological polar surface area (TPSA) is 46.2 Å². The van der Waals surface area contributed by atoms with Gasteiger partial charge in [-0.15, -0.1) is 0 Å². The third-order valence-electron chi connectivity index (χ3n) is 4.75. The van der Waals surface area contributed by atoms with E-state index in [0.717, 1.165) is 29.0 Å². The van der Waals surface area contributed by atoms with Crippen molar-refractivity contribution < 1.29 is 23.7 Å². The summed E-state index contributed by atoms with van der Waals surface area (Å²) in [5.41, 5.74) is 1.96. The van der Waals surface area contributed by atoms with Crippen LogP contribution in [-0.2, 0) is 16.1 Å². The lowest BCUT2D eigenvalue weighted by atomic mass is 10.2. The van der Waals surface area contributed by atoms with Crippen molar-refractivity contribution in [2.45, 2.75) is 19.3 Å². The van der Waals surface area contributed by atoms with Crippen molar-refractivity contribution in [3.05, 3.63) is 88.9 Å². The van der Waals surface area contributed by atoms with Crippen molar-refractivity contribution in [1.29, 1.82) is 0 Å². The van der Waals surface area contributed by atoms with Crippen LogP contribution in [0.5, 0.6) is 17.2 Å². The van der Waals surface area contributed by atoms with E-state index in [1.807, 2.05) is 66.7 Å². The number of benzene rings is 3. The minimum absolute atomic E-state index is 0.384. The summed E-state index contributed by atoms with van der Waals surface area (Å²) in [4.78, 5) is 0. The fourth-order valence-corrected chi connectivity index (χ4v) is 3.40. The first-order valence-electron chi connectivity index (χ1n) is 10.3. The average molecular weight is 441 g/mol. The Kier molecular flexibility index (Phi) is 7.66. The van der Waals surface area contributed by atoms with Gasteiger partial charge in [0.1, 0.15) is 23.9 Å². The summed E-state index contributed by atoms with van der Waals surface area (Å²) in [6.07, 6.45) is 0.366. The lowest BCUT2D eigenvalue weighted by Gasteiger charge is -2.13. The highest BCUT2D eigenvalue weighted by Gasteiger charge is 2.21. The fraction of sp³-hybridized carbons (Fsp3) is 0.280. The molecule has 0 radical (unpaired) electrons. The van der Waals surface area contributed by atoms with Crippen molar-refractivity contribution in [3.63, 3.8) is 0 Å². The Morgan fingerprint density at radius 3 is 2.03 bits per heavy atom. The molecule has 0 saturated carbocycles. The van der Waals surface area contributed by atoms with E-state index >= 15 is 0 Å². The van der Waals surface area contributed by atoms with Gasteiger partial charge >= 0.3 is 0 Å². The molecular weight excluding hydrogens is 416 g/mol. The van der Waals surface area contributed by atoms with Crippen LogP contribution in [0, 0.1) is 0 Å². The molecular formula is C25H25ClO5. The van der Waals surface area contributed by atoms with E-state index in [4.69, 9.17) is 35.3 Å². The summed E-state index contributed by atoms with van der Waals surface area (Å²) in [6.45, 7) is 2.81. The van der Waals surface area contributed by atoms with Gasteiger partial charge in [0.2, 0.25) is 0 Å². The van der Waals surface area contributed by atoms with Crippen molar-refractivity contribution in [2.24, 2.45) is 0 Å². The van der Waals surface area contributed by atoms with Crippen LogP contribution in [0.3, 0.4) is 0 Å². The van der Waals surface area contributed by atoms with Crippen LogP contribution < -0.4 is 14.2 Å². The molecule has 0 aromatic heterocycles. The minimum Gasteiger partial charge on any atom is -0.493 e. The monoisotopic (exact) mass is 440 g/mol. The molecule has 6 heteroatoms. The molecule has 0 atom stereocenters. The predicted molar refractivity (Wildman–Crippen MR) is 119 cm³/mol. The van der Waals surface area contributed by atoms with E-state index in [1.165, 1.54) is 0 Å². The number of rotatable bonds is 10. The molecule has 1 aliphatic rings. The lowest BCUT2D eigenvalue weighted by molar-refractivity contribution is -0.0440. The van der Waals surface area contributed by atoms with Gasteiger partial charge in [-0.2, -0.15) is 0 Å². The Bertz CT molecular complexity index is 940. The van der Waals surface area contributed by atoms with Crippen LogP contribution in [0.15, 0.2) is 72.8 Å². The summed E-state index contributed by atoms with van der Waals surface area (Å²) >= 11 is 6.32. The van der Waals surface area contributed by atoms with E-state index in [-0.39, 0.29) is 6.29 Å². The highest BCUT2D eigenvalue weighted by Crippen LogP contribution is 2.32. The number of ether oxygens (including phenoxy) is 5. The molecule has 0 bridgehead atoms. The number of halogens is 1. The number of hydrogen-bond acceptors (Lipinski definition) is 5. The maximum Gasteiger partial charge on any atom is 0.185 e. The van der Waals surface area contributed by atoms with Crippen LogP contribution in [-0.4, -0.2) is 26.4 Å². The van der Waals surface area contributed by atoms with E-state index in [2.05, 4.69) is 0 Å². The van der Waals surface area contributed by atoms with Crippen molar-refractivity contribution in [3.8, 4) is 17.2 Å². The second kappa shape index (κ2) is 11.0. The van der Waals surface area contributed by atoms with Gasteiger partial charge in [-0.05, 0) is 48.0 Å². The summed E-state index contributed by atoms with van der Waals surface area (Å²) < 4.78 is 28.3. The Balaban J connectivity index is 1.15. The lowest BCUT2D eigenvalue weighted by Crippen LogP contribution is -2.05. The van der Waals surface area contributed by atoms with Gasteiger partial charge in [0.15, 0.2) is 6.29 Å². The van der Waals surface area contributed by atoms with Crippen molar-refractivity contribution >= 4 is 11.6 Å². The zero-order valence-electron chi connectivity index (χ0n) is 17.2. The average Bonchev–Trinajstić information content (AvgIpc) is 3.34. The Hall–Kier alpha value is -2.73. The highest BCUT2D eigenvalue weighted by molar-refractivity contribution is 6.31. The van der Waals surface area contributed by atoms with Gasteiger partial charge in [-0.1, -0.05) is 41.9 Å². The van der Waals surface area contributed by atoms with E-state index < -0.39 is 0 Å².